The highest BCUT2D eigenvalue weighted by atomic mass is 35.5. The van der Waals surface area contributed by atoms with Gasteiger partial charge in [-0.1, -0.05) is 37.6 Å². The topological polar surface area (TPSA) is 87.3 Å². The van der Waals surface area contributed by atoms with Crippen molar-refractivity contribution in [3.8, 4) is 0 Å². The van der Waals surface area contributed by atoms with E-state index in [9.17, 15) is 18.8 Å². The zero-order valence-corrected chi connectivity index (χ0v) is 17.1. The monoisotopic (exact) mass is 419 g/mol. The molecule has 0 aromatic heterocycles. The highest BCUT2D eigenvalue weighted by Crippen LogP contribution is 2.23. The molecule has 1 unspecified atom stereocenters. The summed E-state index contributed by atoms with van der Waals surface area (Å²) >= 11 is 5.92. The summed E-state index contributed by atoms with van der Waals surface area (Å²) < 4.78 is 13.8. The number of rotatable bonds is 6. The van der Waals surface area contributed by atoms with Gasteiger partial charge in [-0.2, -0.15) is 0 Å². The Kier molecular flexibility index (Phi) is 7.73. The number of anilines is 1. The molecule has 0 bridgehead atoms. The van der Waals surface area contributed by atoms with Gasteiger partial charge in [0.1, 0.15) is 5.82 Å². The maximum Gasteiger partial charge on any atom is 0.313 e. The van der Waals surface area contributed by atoms with Gasteiger partial charge in [-0.05, 0) is 48.2 Å². The van der Waals surface area contributed by atoms with Crippen LogP contribution in [0.5, 0.6) is 0 Å². The van der Waals surface area contributed by atoms with Crippen molar-refractivity contribution < 1.29 is 18.8 Å². The molecule has 0 heterocycles. The molecular weight excluding hydrogens is 397 g/mol. The second-order valence-corrected chi connectivity index (χ2v) is 7.37. The van der Waals surface area contributed by atoms with Crippen molar-refractivity contribution >= 4 is 35.0 Å². The standard InChI is InChI=1S/C21H23ClFN3O3/c1-12(2)10-18(13-4-6-14(22)7-5-13)26-21(29)20(28)25-15-8-9-17(23)16(11-15)19(27)24-3/h4-9,11-12,18H,10H2,1-3H3,(H,24,27)(H,25,28)(H,26,29). The van der Waals surface area contributed by atoms with Gasteiger partial charge in [0.15, 0.2) is 0 Å². The van der Waals surface area contributed by atoms with Crippen LogP contribution < -0.4 is 16.0 Å². The first-order valence-corrected chi connectivity index (χ1v) is 9.48. The fraction of sp³-hybridized carbons (Fsp3) is 0.286. The fourth-order valence-corrected chi connectivity index (χ4v) is 2.89. The van der Waals surface area contributed by atoms with Crippen LogP contribution in [-0.4, -0.2) is 24.8 Å². The third-order valence-corrected chi connectivity index (χ3v) is 4.44. The fourth-order valence-electron chi connectivity index (χ4n) is 2.77. The van der Waals surface area contributed by atoms with Gasteiger partial charge < -0.3 is 16.0 Å². The summed E-state index contributed by atoms with van der Waals surface area (Å²) in [5, 5.41) is 7.99. The molecule has 8 heteroatoms. The molecule has 3 N–H and O–H groups in total. The number of carbonyl (C=O) groups excluding carboxylic acids is 3. The van der Waals surface area contributed by atoms with Crippen LogP contribution in [-0.2, 0) is 9.59 Å². The third kappa shape index (κ3) is 6.29. The minimum Gasteiger partial charge on any atom is -0.355 e. The Hall–Kier alpha value is -2.93. The Bertz CT molecular complexity index is 901. The van der Waals surface area contributed by atoms with Gasteiger partial charge in [0.05, 0.1) is 11.6 Å². The Morgan fingerprint density at radius 2 is 1.69 bits per heavy atom. The number of benzene rings is 2. The smallest absolute Gasteiger partial charge is 0.313 e. The summed E-state index contributed by atoms with van der Waals surface area (Å²) in [6.45, 7) is 4.02. The predicted molar refractivity (Wildman–Crippen MR) is 110 cm³/mol. The third-order valence-electron chi connectivity index (χ3n) is 4.19. The second-order valence-electron chi connectivity index (χ2n) is 6.94. The molecule has 0 spiro atoms. The molecule has 154 valence electrons. The minimum absolute atomic E-state index is 0.136. The summed E-state index contributed by atoms with van der Waals surface area (Å²) in [6, 6.07) is 10.1. The van der Waals surface area contributed by atoms with Gasteiger partial charge in [0, 0.05) is 17.8 Å². The lowest BCUT2D eigenvalue weighted by Crippen LogP contribution is -2.38. The van der Waals surface area contributed by atoms with Crippen molar-refractivity contribution in [1.82, 2.24) is 10.6 Å². The minimum atomic E-state index is -0.915. The molecule has 0 aliphatic heterocycles. The zero-order chi connectivity index (χ0) is 21.6. The molecule has 2 aromatic carbocycles. The van der Waals surface area contributed by atoms with Gasteiger partial charge in [-0.25, -0.2) is 4.39 Å². The van der Waals surface area contributed by atoms with E-state index in [-0.39, 0.29) is 23.2 Å². The number of hydrogen-bond donors (Lipinski definition) is 3. The Balaban J connectivity index is 2.12. The predicted octanol–water partition coefficient (Wildman–Crippen LogP) is 3.68. The highest BCUT2D eigenvalue weighted by Gasteiger charge is 2.22. The van der Waals surface area contributed by atoms with Crippen molar-refractivity contribution in [1.29, 1.82) is 0 Å². The first-order chi connectivity index (χ1) is 13.7. The SMILES string of the molecule is CNC(=O)c1cc(NC(=O)C(=O)NC(CC(C)C)c2ccc(Cl)cc2)ccc1F. The number of amides is 3. The van der Waals surface area contributed by atoms with Gasteiger partial charge in [-0.3, -0.25) is 14.4 Å². The van der Waals surface area contributed by atoms with Crippen molar-refractivity contribution in [3.63, 3.8) is 0 Å². The molecule has 6 nitrogen and oxygen atoms in total. The van der Waals surface area contributed by atoms with Crippen molar-refractivity contribution in [2.45, 2.75) is 26.3 Å². The van der Waals surface area contributed by atoms with E-state index in [0.717, 1.165) is 11.6 Å². The molecule has 0 aliphatic carbocycles. The van der Waals surface area contributed by atoms with E-state index in [4.69, 9.17) is 11.6 Å². The normalized spacial score (nSPS) is 11.7. The van der Waals surface area contributed by atoms with Crippen LogP contribution in [0.2, 0.25) is 5.02 Å². The lowest BCUT2D eigenvalue weighted by Gasteiger charge is -2.21. The van der Waals surface area contributed by atoms with E-state index in [1.807, 2.05) is 13.8 Å². The van der Waals surface area contributed by atoms with E-state index in [0.29, 0.717) is 11.4 Å². The Labute approximate surface area is 173 Å². The summed E-state index contributed by atoms with van der Waals surface area (Å²) in [6.07, 6.45) is 0.623. The summed E-state index contributed by atoms with van der Waals surface area (Å²) in [7, 11) is 1.37. The quantitative estimate of drug-likeness (QED) is 0.624. The van der Waals surface area contributed by atoms with Gasteiger partial charge in [0.25, 0.3) is 5.91 Å². The van der Waals surface area contributed by atoms with Crippen LogP contribution in [0.4, 0.5) is 10.1 Å². The lowest BCUT2D eigenvalue weighted by molar-refractivity contribution is -0.136. The Morgan fingerprint density at radius 1 is 1.03 bits per heavy atom. The average molecular weight is 420 g/mol. The van der Waals surface area contributed by atoms with Gasteiger partial charge in [0.2, 0.25) is 0 Å². The molecule has 0 saturated heterocycles. The Morgan fingerprint density at radius 3 is 2.28 bits per heavy atom. The molecular formula is C21H23ClFN3O3. The summed E-state index contributed by atoms with van der Waals surface area (Å²) in [4.78, 5) is 36.4. The maximum atomic E-state index is 13.8. The molecule has 29 heavy (non-hydrogen) atoms. The number of halogens is 2. The van der Waals surface area contributed by atoms with Crippen LogP contribution in [0.25, 0.3) is 0 Å². The van der Waals surface area contributed by atoms with Crippen LogP contribution >= 0.6 is 11.6 Å². The number of carbonyl (C=O) groups is 3. The van der Waals surface area contributed by atoms with E-state index in [2.05, 4.69) is 16.0 Å². The van der Waals surface area contributed by atoms with Gasteiger partial charge in [-0.15, -0.1) is 0 Å². The van der Waals surface area contributed by atoms with Gasteiger partial charge >= 0.3 is 11.8 Å². The molecule has 3 amide bonds. The van der Waals surface area contributed by atoms with Crippen LogP contribution in [0.1, 0.15) is 42.2 Å². The molecule has 0 saturated carbocycles. The second kappa shape index (κ2) is 10.0. The van der Waals surface area contributed by atoms with Crippen LogP contribution in [0.3, 0.4) is 0 Å². The molecule has 0 radical (unpaired) electrons. The largest absolute Gasteiger partial charge is 0.355 e. The van der Waals surface area contributed by atoms with E-state index in [1.54, 1.807) is 24.3 Å². The van der Waals surface area contributed by atoms with E-state index < -0.39 is 23.5 Å². The first kappa shape index (κ1) is 22.4. The van der Waals surface area contributed by atoms with E-state index in [1.165, 1.54) is 19.2 Å². The summed E-state index contributed by atoms with van der Waals surface area (Å²) in [5.74, 6) is -2.85. The molecule has 2 aromatic rings. The molecule has 2 rings (SSSR count). The average Bonchev–Trinajstić information content (AvgIpc) is 2.68. The van der Waals surface area contributed by atoms with Crippen molar-refractivity contribution in [3.05, 3.63) is 64.4 Å². The molecule has 0 aliphatic rings. The summed E-state index contributed by atoms with van der Waals surface area (Å²) in [5.41, 5.74) is 0.731. The zero-order valence-electron chi connectivity index (χ0n) is 16.4. The van der Waals surface area contributed by atoms with Crippen LogP contribution in [0.15, 0.2) is 42.5 Å². The lowest BCUT2D eigenvalue weighted by atomic mass is 9.97. The molecule has 0 fully saturated rings. The van der Waals surface area contributed by atoms with Crippen LogP contribution in [0, 0.1) is 11.7 Å². The number of nitrogens with one attached hydrogen (secondary N) is 3. The number of hydrogen-bond acceptors (Lipinski definition) is 3. The molecule has 1 atom stereocenters. The van der Waals surface area contributed by atoms with E-state index >= 15 is 0 Å². The van der Waals surface area contributed by atoms with Crippen molar-refractivity contribution in [2.24, 2.45) is 5.92 Å². The van der Waals surface area contributed by atoms with Crippen molar-refractivity contribution in [2.75, 3.05) is 12.4 Å². The maximum absolute atomic E-state index is 13.8. The highest BCUT2D eigenvalue weighted by molar-refractivity contribution is 6.39. The first-order valence-electron chi connectivity index (χ1n) is 9.10.